The number of ether oxygens (including phenoxy) is 1. The van der Waals surface area contributed by atoms with Gasteiger partial charge < -0.3 is 69.6 Å². The van der Waals surface area contributed by atoms with E-state index in [1.54, 1.807) is 12.1 Å². The molecule has 3 heterocycles. The number of aliphatic hydroxyl groups excluding tert-OH is 2. The van der Waals surface area contributed by atoms with E-state index in [1.165, 1.54) is 26.0 Å². The van der Waals surface area contributed by atoms with Gasteiger partial charge in [-0.1, -0.05) is 37.7 Å². The van der Waals surface area contributed by atoms with E-state index in [9.17, 15) is 63.0 Å². The molecule has 3 aromatic rings. The first kappa shape index (κ1) is 57.6. The molecule has 32 heteroatoms. The molecule has 0 bridgehead atoms. The fraction of sp³-hybridized carbons (Fsp3) is 0.500. The number of aromatic hydroxyl groups is 1. The first-order valence-electron chi connectivity index (χ1n) is 16.3. The Hall–Kier alpha value is -0.420. The van der Waals surface area contributed by atoms with Crippen LogP contribution < -0.4 is 120 Å². The van der Waals surface area contributed by atoms with E-state index in [0.29, 0.717) is 0 Å². The fourth-order valence-electron chi connectivity index (χ4n) is 4.98. The van der Waals surface area contributed by atoms with Gasteiger partial charge in [-0.15, -0.1) is 0 Å². The summed E-state index contributed by atoms with van der Waals surface area (Å²) in [7, 11) is -17.4. The molecule has 0 radical (unpaired) electrons. The van der Waals surface area contributed by atoms with E-state index in [4.69, 9.17) is 10.5 Å². The average Bonchev–Trinajstić information content (AvgIpc) is 3.68. The fourth-order valence-corrected chi connectivity index (χ4v) is 8.44. The van der Waals surface area contributed by atoms with Crippen molar-refractivity contribution in [3.05, 3.63) is 42.5 Å². The molecule has 1 aliphatic heterocycles. The molecule has 1 saturated heterocycles. The van der Waals surface area contributed by atoms with Gasteiger partial charge in [0.2, 0.25) is 16.9 Å². The summed E-state index contributed by atoms with van der Waals surface area (Å²) in [5.41, 5.74) is 4.19. The van der Waals surface area contributed by atoms with Crippen LogP contribution in [0.15, 0.2) is 36.9 Å². The number of para-hydroxylation sites is 1. The number of aromatic nitrogens is 4. The molecule has 1 aliphatic rings. The zero-order valence-corrected chi connectivity index (χ0v) is 42.2. The number of rotatable bonds is 20. The van der Waals surface area contributed by atoms with Gasteiger partial charge in [-0.05, 0) is 12.1 Å². The summed E-state index contributed by atoms with van der Waals surface area (Å²) in [6.45, 7) is -0.0700. The molecule has 316 valence electrons. The second kappa shape index (κ2) is 24.8. The first-order chi connectivity index (χ1) is 26.5. The molecule has 8 N–H and O–H groups in total. The summed E-state index contributed by atoms with van der Waals surface area (Å²) >= 11 is 0.868. The van der Waals surface area contributed by atoms with E-state index >= 15 is 0 Å². The SMILES string of the molecule is CC(C)(COP(=O)([O-])OP(=O)([O-])OC[C@H]1O[C@@H](n2cnc3c(N)ncnc32)[C@H](O)[C@@H]1OP(=O)([O-])O)[C@@H](O)C(=O)NCCC(=O)NCCSC(=O)c1ccccc1O.[Na+].[Na+].[Na+]. The number of thioether (sulfide) groups is 1. The van der Waals surface area contributed by atoms with Crippen LogP contribution in [0.5, 0.6) is 5.75 Å². The third-order valence-corrected chi connectivity index (χ3v) is 11.7. The Morgan fingerprint density at radius 1 is 1.03 bits per heavy atom. The zero-order valence-electron chi connectivity index (χ0n) is 32.7. The topological polar surface area (TPSA) is 392 Å². The van der Waals surface area contributed by atoms with Crippen molar-refractivity contribution in [3.63, 3.8) is 0 Å². The third-order valence-electron chi connectivity index (χ3n) is 7.84. The van der Waals surface area contributed by atoms with E-state index in [0.717, 1.165) is 29.0 Å². The summed E-state index contributed by atoms with van der Waals surface area (Å²) in [5, 5.41) is 35.5. The van der Waals surface area contributed by atoms with Crippen LogP contribution in [0.1, 0.15) is 36.9 Å². The van der Waals surface area contributed by atoms with Crippen molar-refractivity contribution in [2.24, 2.45) is 5.41 Å². The molecule has 0 aliphatic carbocycles. The number of anilines is 1. The van der Waals surface area contributed by atoms with Crippen LogP contribution in [-0.4, -0.2) is 113 Å². The molecule has 60 heavy (non-hydrogen) atoms. The molecule has 0 saturated carbocycles. The third kappa shape index (κ3) is 16.9. The van der Waals surface area contributed by atoms with Crippen molar-refractivity contribution < 1.29 is 174 Å². The normalized spacial score (nSPS) is 21.1. The summed E-state index contributed by atoms with van der Waals surface area (Å²) in [6.07, 6.45) is -7.51. The zero-order chi connectivity index (χ0) is 42.3. The van der Waals surface area contributed by atoms with Gasteiger partial charge in [0.15, 0.2) is 17.7 Å². The summed E-state index contributed by atoms with van der Waals surface area (Å²) in [6, 6.07) is 5.96. The molecule has 2 aromatic heterocycles. The second-order valence-corrected chi connectivity index (χ2v) is 17.8. The number of nitrogens with zero attached hydrogens (tertiary/aromatic N) is 4. The standard InChI is InChI=1S/C28H40N7O18P3S.3Na/c1-28(2,22(39)25(40)31-8-7-18(37)30-9-10-57-27(41)15-5-3-4-6-16(15)36)12-50-56(47,48)53-55(45,46)49-11-17-21(52-54(42,43)44)20(38)26(51-17)35-14-34-19-23(29)32-13-33-24(19)35;;;/h3-6,13-14,17,20-22,26,36,38-39H,7-12H2,1-2H3,(H,30,37)(H,31,40)(H,45,46)(H,47,48)(H2,29,32,33)(H2,42,43,44);;;/q;3*+1/p-3/t17-,20-,21-,22+,26-;;;/m1.../s1. The van der Waals surface area contributed by atoms with Crippen LogP contribution in [0, 0.1) is 5.41 Å². The summed E-state index contributed by atoms with van der Waals surface area (Å²) in [5.74, 6) is -1.62. The predicted octanol–water partition coefficient (Wildman–Crippen LogP) is -11.2. The van der Waals surface area contributed by atoms with Crippen molar-refractivity contribution in [2.45, 2.75) is 50.9 Å². The van der Waals surface area contributed by atoms with Gasteiger partial charge in [-0.3, -0.25) is 32.6 Å². The Bertz CT molecular complexity index is 2090. The monoisotopic (exact) mass is 953 g/mol. The number of phosphoric acid groups is 3. The number of imidazole rings is 1. The Kier molecular flexibility index (Phi) is 23.8. The van der Waals surface area contributed by atoms with Gasteiger partial charge in [-0.25, -0.2) is 19.3 Å². The molecule has 3 unspecified atom stereocenters. The number of phenolic OH excluding ortho intramolecular Hbond substituents is 1. The number of hydrogen-bond donors (Lipinski definition) is 7. The number of aliphatic hydroxyl groups is 2. The van der Waals surface area contributed by atoms with Crippen LogP contribution in [0.25, 0.3) is 11.2 Å². The average molecular weight is 954 g/mol. The van der Waals surface area contributed by atoms with E-state index in [2.05, 4.69) is 43.5 Å². The summed E-state index contributed by atoms with van der Waals surface area (Å²) < 4.78 is 60.8. The molecule has 4 rings (SSSR count). The van der Waals surface area contributed by atoms with Crippen molar-refractivity contribution >= 4 is 69.1 Å². The van der Waals surface area contributed by atoms with Crippen molar-refractivity contribution in [3.8, 4) is 5.75 Å². The van der Waals surface area contributed by atoms with Crippen molar-refractivity contribution in [1.29, 1.82) is 0 Å². The summed E-state index contributed by atoms with van der Waals surface area (Å²) in [4.78, 5) is 94.3. The molecule has 0 spiro atoms. The molecule has 25 nitrogen and oxygen atoms in total. The van der Waals surface area contributed by atoms with Crippen LogP contribution in [0.2, 0.25) is 0 Å². The molecule has 1 fully saturated rings. The molecular weight excluding hydrogens is 916 g/mol. The minimum Gasteiger partial charge on any atom is -0.756 e. The van der Waals surface area contributed by atoms with Gasteiger partial charge >= 0.3 is 88.7 Å². The Morgan fingerprint density at radius 3 is 2.33 bits per heavy atom. The minimum absolute atomic E-state index is 0. The van der Waals surface area contributed by atoms with E-state index in [1.807, 2.05) is 0 Å². The van der Waals surface area contributed by atoms with Crippen LogP contribution in [0.4, 0.5) is 5.82 Å². The quantitative estimate of drug-likeness (QED) is 0.0314. The molecule has 2 amide bonds. The van der Waals surface area contributed by atoms with Crippen molar-refractivity contribution in [2.75, 3.05) is 37.8 Å². The number of carbonyl (C=O) groups is 3. The first-order valence-corrected chi connectivity index (χ1v) is 21.7. The van der Waals surface area contributed by atoms with Gasteiger partial charge in [0.05, 0.1) is 25.1 Å². The smallest absolute Gasteiger partial charge is 0.756 e. The van der Waals surface area contributed by atoms with E-state index < -0.39 is 89.7 Å². The van der Waals surface area contributed by atoms with Gasteiger partial charge in [0.1, 0.15) is 42.0 Å². The number of phenols is 1. The Morgan fingerprint density at radius 2 is 1.68 bits per heavy atom. The van der Waals surface area contributed by atoms with Gasteiger partial charge in [0.25, 0.3) is 23.5 Å². The van der Waals surface area contributed by atoms with Crippen LogP contribution >= 0.6 is 35.2 Å². The number of amides is 2. The Balaban J connectivity index is 0.00000600. The van der Waals surface area contributed by atoms with Crippen LogP contribution in [0.3, 0.4) is 0 Å². The molecule has 8 atom stereocenters. The number of nitrogen functional groups attached to an aromatic ring is 1. The number of phosphoric ester groups is 3. The van der Waals surface area contributed by atoms with Crippen LogP contribution in [-0.2, 0) is 45.9 Å². The molecule has 1 aromatic carbocycles. The molecular formula is C28H37N7Na3O18P3S. The number of carbonyl (C=O) groups excluding carboxylic acids is 3. The maximum absolute atomic E-state index is 12.5. The largest absolute Gasteiger partial charge is 1.00 e. The number of hydrogen-bond acceptors (Lipinski definition) is 22. The Labute approximate surface area is 412 Å². The van der Waals surface area contributed by atoms with Gasteiger partial charge in [0, 0.05) is 30.7 Å². The van der Waals surface area contributed by atoms with Crippen molar-refractivity contribution in [1.82, 2.24) is 30.2 Å². The number of nitrogens with one attached hydrogen (secondary N) is 2. The van der Waals surface area contributed by atoms with E-state index in [-0.39, 0.29) is 142 Å². The number of benzene rings is 1. The maximum Gasteiger partial charge on any atom is 1.00 e. The minimum atomic E-state index is -5.91. The number of nitrogens with two attached hydrogens (primary N) is 1. The predicted molar refractivity (Wildman–Crippen MR) is 188 cm³/mol. The maximum atomic E-state index is 12.5. The second-order valence-electron chi connectivity index (χ2n) is 12.7. The van der Waals surface area contributed by atoms with Gasteiger partial charge in [-0.2, -0.15) is 0 Å². The number of fused-ring (bicyclic) bond motifs is 1.